The molecule has 0 aromatic heterocycles. The van der Waals surface area contributed by atoms with Crippen LogP contribution in [0.1, 0.15) is 59.3 Å². The highest BCUT2D eigenvalue weighted by molar-refractivity contribution is 6.06. The van der Waals surface area contributed by atoms with E-state index in [2.05, 4.69) is 20.8 Å². The van der Waals surface area contributed by atoms with Gasteiger partial charge < -0.3 is 4.43 Å². The molecule has 0 saturated heterocycles. The largest absolute Gasteiger partial charge is 0.528 e. The Morgan fingerprint density at radius 1 is 1.21 bits per heavy atom. The van der Waals surface area contributed by atoms with E-state index in [1.807, 2.05) is 0 Å². The second-order valence-electron chi connectivity index (χ2n) is 4.26. The molecule has 0 bridgehead atoms. The summed E-state index contributed by atoms with van der Waals surface area (Å²) in [5, 5.41) is 0. The molecule has 84 valence electrons. The van der Waals surface area contributed by atoms with Crippen LogP contribution in [-0.4, -0.2) is 16.5 Å². The van der Waals surface area contributed by atoms with Gasteiger partial charge in [-0.2, -0.15) is 0 Å². The van der Waals surface area contributed by atoms with Crippen molar-refractivity contribution in [1.29, 1.82) is 0 Å². The number of hydrogen-bond donors (Lipinski definition) is 0. The third-order valence-electron chi connectivity index (χ3n) is 2.84. The van der Waals surface area contributed by atoms with Crippen molar-refractivity contribution in [3.63, 3.8) is 0 Å². The minimum atomic E-state index is -0.215. The summed E-state index contributed by atoms with van der Waals surface area (Å²) in [7, 11) is 0.521. The average Bonchev–Trinajstić information content (AvgIpc) is 2.22. The number of carbonyl (C=O) groups excluding carboxylic acids is 1. The number of rotatable bonds is 7. The Morgan fingerprint density at radius 3 is 1.93 bits per heavy atom. The molecule has 0 aliphatic heterocycles. The van der Waals surface area contributed by atoms with Crippen molar-refractivity contribution < 1.29 is 9.22 Å². The van der Waals surface area contributed by atoms with Gasteiger partial charge in [0.2, 0.25) is 10.5 Å². The first-order valence-corrected chi connectivity index (χ1v) is 6.50. The molecule has 0 aromatic carbocycles. The van der Waals surface area contributed by atoms with Crippen LogP contribution in [0.15, 0.2) is 0 Å². The van der Waals surface area contributed by atoms with Gasteiger partial charge in [0.05, 0.1) is 5.41 Å². The van der Waals surface area contributed by atoms with Crippen molar-refractivity contribution in [2.75, 3.05) is 0 Å². The molecule has 0 atom stereocenters. The summed E-state index contributed by atoms with van der Waals surface area (Å²) in [4.78, 5) is 11.7. The van der Waals surface area contributed by atoms with E-state index >= 15 is 0 Å². The highest BCUT2D eigenvalue weighted by Gasteiger charge is 2.32. The van der Waals surface area contributed by atoms with E-state index in [1.165, 1.54) is 0 Å². The quantitative estimate of drug-likeness (QED) is 0.610. The van der Waals surface area contributed by atoms with Gasteiger partial charge in [0.1, 0.15) is 0 Å². The predicted molar refractivity (Wildman–Crippen MR) is 63.2 cm³/mol. The van der Waals surface area contributed by atoms with Crippen molar-refractivity contribution in [2.24, 2.45) is 5.41 Å². The van der Waals surface area contributed by atoms with Crippen LogP contribution in [0.2, 0.25) is 0 Å². The van der Waals surface area contributed by atoms with Crippen molar-refractivity contribution in [2.45, 2.75) is 59.3 Å². The molecule has 0 amide bonds. The Balaban J connectivity index is 4.24. The number of unbranched alkanes of at least 4 members (excludes halogenated alkanes) is 2. The fourth-order valence-electron chi connectivity index (χ4n) is 1.71. The fraction of sp³-hybridized carbons (Fsp3) is 0.909. The van der Waals surface area contributed by atoms with Crippen LogP contribution in [0.4, 0.5) is 0 Å². The summed E-state index contributed by atoms with van der Waals surface area (Å²) in [6.45, 7) is 6.37. The lowest BCUT2D eigenvalue weighted by molar-refractivity contribution is -0.145. The van der Waals surface area contributed by atoms with Crippen LogP contribution in [0.25, 0.3) is 0 Å². The molecule has 0 unspecified atom stereocenters. The van der Waals surface area contributed by atoms with Crippen LogP contribution in [0.5, 0.6) is 0 Å². The SMILES string of the molecule is CCCCC(C)(CCCC)C(=O)O[SiH3]. The van der Waals surface area contributed by atoms with Crippen molar-refractivity contribution in [1.82, 2.24) is 0 Å². The van der Waals surface area contributed by atoms with E-state index in [4.69, 9.17) is 4.43 Å². The lowest BCUT2D eigenvalue weighted by Crippen LogP contribution is -2.29. The van der Waals surface area contributed by atoms with E-state index < -0.39 is 0 Å². The van der Waals surface area contributed by atoms with Crippen LogP contribution < -0.4 is 0 Å². The molecule has 0 fully saturated rings. The third kappa shape index (κ3) is 4.27. The zero-order valence-corrected chi connectivity index (χ0v) is 12.1. The zero-order chi connectivity index (χ0) is 11.0. The molecule has 0 aromatic rings. The van der Waals surface area contributed by atoms with E-state index in [0.29, 0.717) is 10.5 Å². The molecular weight excluding hydrogens is 192 g/mol. The minimum Gasteiger partial charge on any atom is -0.528 e. The van der Waals surface area contributed by atoms with E-state index in [-0.39, 0.29) is 11.4 Å². The highest BCUT2D eigenvalue weighted by Crippen LogP contribution is 2.31. The van der Waals surface area contributed by atoms with Crippen LogP contribution >= 0.6 is 0 Å². The van der Waals surface area contributed by atoms with Crippen molar-refractivity contribution in [3.8, 4) is 0 Å². The van der Waals surface area contributed by atoms with Gasteiger partial charge in [-0.05, 0) is 19.8 Å². The molecule has 0 radical (unpaired) electrons. The Bertz CT molecular complexity index is 161. The third-order valence-corrected chi connectivity index (χ3v) is 3.21. The average molecular weight is 216 g/mol. The molecule has 14 heavy (non-hydrogen) atoms. The summed E-state index contributed by atoms with van der Waals surface area (Å²) >= 11 is 0. The fourth-order valence-corrected chi connectivity index (χ4v) is 2.20. The Morgan fingerprint density at radius 2 is 1.64 bits per heavy atom. The molecule has 0 spiro atoms. The van der Waals surface area contributed by atoms with Gasteiger partial charge in [0, 0.05) is 0 Å². The first-order chi connectivity index (χ1) is 6.60. The highest BCUT2D eigenvalue weighted by atomic mass is 28.2. The molecule has 0 heterocycles. The molecule has 0 aliphatic rings. The summed E-state index contributed by atoms with van der Waals surface area (Å²) in [6, 6.07) is 0. The monoisotopic (exact) mass is 216 g/mol. The van der Waals surface area contributed by atoms with Crippen LogP contribution in [0.3, 0.4) is 0 Å². The van der Waals surface area contributed by atoms with Crippen molar-refractivity contribution in [3.05, 3.63) is 0 Å². The maximum absolute atomic E-state index is 11.7. The zero-order valence-electron chi connectivity index (χ0n) is 10.1. The lowest BCUT2D eigenvalue weighted by atomic mass is 9.80. The van der Waals surface area contributed by atoms with Gasteiger partial charge in [0.25, 0.3) is 5.97 Å². The van der Waals surface area contributed by atoms with Crippen LogP contribution in [0, 0.1) is 5.41 Å². The first kappa shape index (κ1) is 13.7. The smallest absolute Gasteiger partial charge is 0.297 e. The molecule has 0 saturated carbocycles. The Kier molecular flexibility index (Phi) is 6.88. The molecule has 0 aliphatic carbocycles. The summed E-state index contributed by atoms with van der Waals surface area (Å²) < 4.78 is 5.01. The number of carbonyl (C=O) groups is 1. The van der Waals surface area contributed by atoms with Crippen molar-refractivity contribution >= 4 is 16.5 Å². The second kappa shape index (κ2) is 7.04. The lowest BCUT2D eigenvalue weighted by Gasteiger charge is -2.26. The standard InChI is InChI=1S/C11H24O2Si/c1-4-6-8-11(3,9-7-5-2)10(12)13-14/h4-9H2,1-3,14H3. The van der Waals surface area contributed by atoms with E-state index in [1.54, 1.807) is 0 Å². The van der Waals surface area contributed by atoms with E-state index in [9.17, 15) is 4.79 Å². The molecule has 0 N–H and O–H groups in total. The molecule has 2 nitrogen and oxygen atoms in total. The van der Waals surface area contributed by atoms with Crippen LogP contribution in [-0.2, 0) is 9.22 Å². The predicted octanol–water partition coefficient (Wildman–Crippen LogP) is 2.20. The summed E-state index contributed by atoms with van der Waals surface area (Å²) in [5.41, 5.74) is -0.215. The molecule has 3 heteroatoms. The van der Waals surface area contributed by atoms with Gasteiger partial charge in [-0.1, -0.05) is 39.5 Å². The van der Waals surface area contributed by atoms with Gasteiger partial charge in [-0.3, -0.25) is 4.79 Å². The molecule has 0 rings (SSSR count). The minimum absolute atomic E-state index is 0.0195. The maximum Gasteiger partial charge on any atom is 0.297 e. The van der Waals surface area contributed by atoms with Gasteiger partial charge in [-0.15, -0.1) is 0 Å². The number of hydrogen-bond acceptors (Lipinski definition) is 2. The second-order valence-corrected chi connectivity index (χ2v) is 4.67. The Hall–Kier alpha value is -0.313. The molecular formula is C11H24O2Si. The van der Waals surface area contributed by atoms with E-state index in [0.717, 1.165) is 38.5 Å². The van der Waals surface area contributed by atoms with Gasteiger partial charge in [-0.25, -0.2) is 0 Å². The summed E-state index contributed by atoms with van der Waals surface area (Å²) in [5.74, 6) is 0.0195. The maximum atomic E-state index is 11.7. The van der Waals surface area contributed by atoms with Gasteiger partial charge in [0.15, 0.2) is 0 Å². The first-order valence-electron chi connectivity index (χ1n) is 5.69. The Labute approximate surface area is 91.0 Å². The normalized spacial score (nSPS) is 11.6. The summed E-state index contributed by atoms with van der Waals surface area (Å²) in [6.07, 6.45) is 6.50. The topological polar surface area (TPSA) is 26.3 Å². The van der Waals surface area contributed by atoms with Gasteiger partial charge >= 0.3 is 0 Å².